The Morgan fingerprint density at radius 3 is 2.79 bits per heavy atom. The second kappa shape index (κ2) is 4.65. The summed E-state index contributed by atoms with van der Waals surface area (Å²) in [5, 5.41) is 0. The molecule has 14 heavy (non-hydrogen) atoms. The van der Waals surface area contributed by atoms with Crippen molar-refractivity contribution in [2.24, 2.45) is 0 Å². The molecule has 0 radical (unpaired) electrons. The number of carbonyl (C=O) groups excluding carboxylic acids is 1. The van der Waals surface area contributed by atoms with E-state index in [4.69, 9.17) is 9.15 Å². The van der Waals surface area contributed by atoms with Crippen LogP contribution in [0.25, 0.3) is 6.08 Å². The number of ether oxygens (including phenoxy) is 1. The smallest absolute Gasteiger partial charge is 0.330 e. The topological polar surface area (TPSA) is 39.4 Å². The molecule has 0 saturated heterocycles. The lowest BCUT2D eigenvalue weighted by atomic mass is 10.3. The van der Waals surface area contributed by atoms with Gasteiger partial charge in [0.05, 0.1) is 6.61 Å². The van der Waals surface area contributed by atoms with Gasteiger partial charge in [-0.25, -0.2) is 4.79 Å². The van der Waals surface area contributed by atoms with Crippen LogP contribution in [0, 0.1) is 13.8 Å². The summed E-state index contributed by atoms with van der Waals surface area (Å²) in [6.45, 7) is 6.00. The molecule has 0 atom stereocenters. The van der Waals surface area contributed by atoms with Crippen LogP contribution in [0.15, 0.2) is 16.6 Å². The Balaban J connectivity index is 2.64. The molecule has 76 valence electrons. The first-order valence-electron chi connectivity index (χ1n) is 4.55. The average molecular weight is 194 g/mol. The Hall–Kier alpha value is -1.51. The fourth-order valence-corrected chi connectivity index (χ4v) is 1.02. The molecule has 1 rings (SSSR count). The van der Waals surface area contributed by atoms with Crippen molar-refractivity contribution in [3.05, 3.63) is 29.2 Å². The minimum atomic E-state index is -0.348. The lowest BCUT2D eigenvalue weighted by Gasteiger charge is -1.93. The lowest BCUT2D eigenvalue weighted by molar-refractivity contribution is -0.137. The molecule has 1 aromatic heterocycles. The van der Waals surface area contributed by atoms with Crippen LogP contribution >= 0.6 is 0 Å². The summed E-state index contributed by atoms with van der Waals surface area (Å²) in [6, 6.07) is 1.88. The van der Waals surface area contributed by atoms with E-state index in [0.29, 0.717) is 12.4 Å². The molecule has 0 aliphatic rings. The molecule has 1 aromatic rings. The second-order valence-electron chi connectivity index (χ2n) is 2.97. The first-order chi connectivity index (χ1) is 6.63. The van der Waals surface area contributed by atoms with Crippen molar-refractivity contribution in [3.8, 4) is 0 Å². The van der Waals surface area contributed by atoms with Crippen LogP contribution in [-0.2, 0) is 9.53 Å². The molecule has 0 amide bonds. The van der Waals surface area contributed by atoms with Crippen LogP contribution in [0.2, 0.25) is 0 Å². The van der Waals surface area contributed by atoms with Crippen molar-refractivity contribution in [3.63, 3.8) is 0 Å². The Morgan fingerprint density at radius 2 is 2.29 bits per heavy atom. The third-order valence-corrected chi connectivity index (χ3v) is 1.86. The maximum atomic E-state index is 11.0. The fraction of sp³-hybridized carbons (Fsp3) is 0.364. The summed E-state index contributed by atoms with van der Waals surface area (Å²) < 4.78 is 10.1. The van der Waals surface area contributed by atoms with Crippen LogP contribution in [-0.4, -0.2) is 12.6 Å². The summed E-state index contributed by atoms with van der Waals surface area (Å²) in [5.74, 6) is 1.20. The van der Waals surface area contributed by atoms with E-state index in [0.717, 1.165) is 11.3 Å². The highest BCUT2D eigenvalue weighted by molar-refractivity contribution is 5.86. The van der Waals surface area contributed by atoms with Gasteiger partial charge in [0, 0.05) is 6.08 Å². The highest BCUT2D eigenvalue weighted by Crippen LogP contribution is 2.14. The Morgan fingerprint density at radius 1 is 1.57 bits per heavy atom. The third kappa shape index (κ3) is 2.76. The van der Waals surface area contributed by atoms with Gasteiger partial charge < -0.3 is 9.15 Å². The molecule has 0 fully saturated rings. The maximum absolute atomic E-state index is 11.0. The summed E-state index contributed by atoms with van der Waals surface area (Å²) >= 11 is 0. The molecule has 3 nitrogen and oxygen atoms in total. The van der Waals surface area contributed by atoms with Gasteiger partial charge in [-0.1, -0.05) is 0 Å². The van der Waals surface area contributed by atoms with Gasteiger partial charge in [-0.05, 0) is 38.5 Å². The van der Waals surface area contributed by atoms with Crippen molar-refractivity contribution in [2.75, 3.05) is 6.61 Å². The molecule has 0 spiro atoms. The zero-order valence-electron chi connectivity index (χ0n) is 8.66. The number of rotatable bonds is 3. The highest BCUT2D eigenvalue weighted by atomic mass is 16.5. The predicted molar refractivity (Wildman–Crippen MR) is 53.8 cm³/mol. The van der Waals surface area contributed by atoms with Crippen LogP contribution < -0.4 is 0 Å². The quantitative estimate of drug-likeness (QED) is 0.548. The van der Waals surface area contributed by atoms with Gasteiger partial charge >= 0.3 is 5.97 Å². The van der Waals surface area contributed by atoms with Gasteiger partial charge in [-0.15, -0.1) is 0 Å². The maximum Gasteiger partial charge on any atom is 0.330 e. The van der Waals surface area contributed by atoms with Crippen LogP contribution in [0.1, 0.15) is 24.0 Å². The summed E-state index contributed by atoms with van der Waals surface area (Å²) in [5.41, 5.74) is 1.08. The summed E-state index contributed by atoms with van der Waals surface area (Å²) in [7, 11) is 0. The summed E-state index contributed by atoms with van der Waals surface area (Å²) in [6.07, 6.45) is 2.97. The normalized spacial score (nSPS) is 10.8. The second-order valence-corrected chi connectivity index (χ2v) is 2.97. The first kappa shape index (κ1) is 10.6. The van der Waals surface area contributed by atoms with E-state index in [1.165, 1.54) is 6.08 Å². The number of esters is 1. The van der Waals surface area contributed by atoms with E-state index >= 15 is 0 Å². The van der Waals surface area contributed by atoms with Gasteiger partial charge in [-0.2, -0.15) is 0 Å². The molecule has 1 heterocycles. The largest absolute Gasteiger partial charge is 0.463 e. The molecule has 0 unspecified atom stereocenters. The number of carbonyl (C=O) groups is 1. The van der Waals surface area contributed by atoms with E-state index in [1.807, 2.05) is 19.9 Å². The first-order valence-corrected chi connectivity index (χ1v) is 4.55. The van der Waals surface area contributed by atoms with Gasteiger partial charge in [0.2, 0.25) is 0 Å². The fourth-order valence-electron chi connectivity index (χ4n) is 1.02. The van der Waals surface area contributed by atoms with E-state index in [-0.39, 0.29) is 5.97 Å². The molecule has 3 heteroatoms. The number of hydrogen-bond acceptors (Lipinski definition) is 3. The summed E-state index contributed by atoms with van der Waals surface area (Å²) in [4.78, 5) is 11.0. The number of furan rings is 1. The molecule has 0 N–H and O–H groups in total. The third-order valence-electron chi connectivity index (χ3n) is 1.86. The SMILES string of the molecule is CCOC(=O)C=Cc1cc(C)c(C)o1. The monoisotopic (exact) mass is 194 g/mol. The van der Waals surface area contributed by atoms with Crippen molar-refractivity contribution in [1.29, 1.82) is 0 Å². The van der Waals surface area contributed by atoms with Crippen molar-refractivity contribution < 1.29 is 13.9 Å². The minimum absolute atomic E-state index is 0.348. The lowest BCUT2D eigenvalue weighted by Crippen LogP contribution is -1.98. The Bertz CT molecular complexity index is 328. The van der Waals surface area contributed by atoms with Crippen LogP contribution in [0.3, 0.4) is 0 Å². The molecular formula is C11H14O3. The van der Waals surface area contributed by atoms with Crippen LogP contribution in [0.5, 0.6) is 0 Å². The number of hydrogen-bond donors (Lipinski definition) is 0. The van der Waals surface area contributed by atoms with Gasteiger partial charge in [-0.3, -0.25) is 0 Å². The van der Waals surface area contributed by atoms with E-state index < -0.39 is 0 Å². The minimum Gasteiger partial charge on any atom is -0.463 e. The van der Waals surface area contributed by atoms with Crippen molar-refractivity contribution >= 4 is 12.0 Å². The van der Waals surface area contributed by atoms with Crippen molar-refractivity contribution in [2.45, 2.75) is 20.8 Å². The van der Waals surface area contributed by atoms with Crippen molar-refractivity contribution in [1.82, 2.24) is 0 Å². The van der Waals surface area contributed by atoms with E-state index in [1.54, 1.807) is 13.0 Å². The molecule has 0 bridgehead atoms. The molecule has 0 saturated carbocycles. The predicted octanol–water partition coefficient (Wildman–Crippen LogP) is 2.47. The molecule has 0 aliphatic heterocycles. The highest BCUT2D eigenvalue weighted by Gasteiger charge is 2.00. The molecule has 0 aliphatic carbocycles. The Kier molecular flexibility index (Phi) is 3.51. The van der Waals surface area contributed by atoms with Crippen LogP contribution in [0.4, 0.5) is 0 Å². The van der Waals surface area contributed by atoms with Gasteiger partial charge in [0.1, 0.15) is 11.5 Å². The van der Waals surface area contributed by atoms with E-state index in [2.05, 4.69) is 0 Å². The average Bonchev–Trinajstić information content (AvgIpc) is 2.44. The number of aryl methyl sites for hydroxylation is 2. The van der Waals surface area contributed by atoms with E-state index in [9.17, 15) is 4.79 Å². The zero-order valence-corrected chi connectivity index (χ0v) is 8.66. The molecular weight excluding hydrogens is 180 g/mol. The standard InChI is InChI=1S/C11H14O3/c1-4-13-11(12)6-5-10-7-8(2)9(3)14-10/h5-7H,4H2,1-3H3. The van der Waals surface area contributed by atoms with Gasteiger partial charge in [0.25, 0.3) is 0 Å². The zero-order chi connectivity index (χ0) is 10.6. The molecule has 0 aromatic carbocycles. The van der Waals surface area contributed by atoms with Gasteiger partial charge in [0.15, 0.2) is 0 Å². The Labute approximate surface area is 83.4 Å².